The molecule has 0 spiro atoms. The minimum absolute atomic E-state index is 0.389. The standard InChI is InChI=1S/C13H24O2/c14-13(15)11-12-9-7-5-3-1-2-4-6-8-10-12/h12H,1-11H2,(H,14,15). The molecule has 88 valence electrons. The molecule has 0 saturated heterocycles. The van der Waals surface area contributed by atoms with E-state index in [4.69, 9.17) is 5.11 Å². The van der Waals surface area contributed by atoms with Crippen molar-refractivity contribution >= 4 is 5.97 Å². The lowest BCUT2D eigenvalue weighted by molar-refractivity contribution is -0.138. The zero-order valence-corrected chi connectivity index (χ0v) is 9.71. The van der Waals surface area contributed by atoms with Gasteiger partial charge in [0.2, 0.25) is 0 Å². The van der Waals surface area contributed by atoms with Crippen molar-refractivity contribution in [3.05, 3.63) is 0 Å². The number of rotatable bonds is 2. The van der Waals surface area contributed by atoms with Crippen molar-refractivity contribution in [2.75, 3.05) is 0 Å². The average molecular weight is 212 g/mol. The van der Waals surface area contributed by atoms with Gasteiger partial charge in [0.25, 0.3) is 0 Å². The van der Waals surface area contributed by atoms with Crippen LogP contribution < -0.4 is 0 Å². The molecule has 1 N–H and O–H groups in total. The Hall–Kier alpha value is -0.530. The third kappa shape index (κ3) is 6.53. The number of carboxylic acids is 1. The third-order valence-corrected chi connectivity index (χ3v) is 3.44. The van der Waals surface area contributed by atoms with Crippen LogP contribution in [0.15, 0.2) is 0 Å². The topological polar surface area (TPSA) is 37.3 Å². The number of carboxylic acid groups (broad SMARTS) is 1. The van der Waals surface area contributed by atoms with Crippen molar-refractivity contribution in [2.45, 2.75) is 70.6 Å². The molecule has 0 aromatic carbocycles. The molecule has 0 aromatic rings. The number of hydrogen-bond donors (Lipinski definition) is 1. The van der Waals surface area contributed by atoms with E-state index in [0.29, 0.717) is 12.3 Å². The average Bonchev–Trinajstić information content (AvgIpc) is 2.23. The first-order chi connectivity index (χ1) is 7.29. The lowest BCUT2D eigenvalue weighted by Gasteiger charge is -2.13. The Labute approximate surface area is 93.1 Å². The first kappa shape index (κ1) is 12.5. The predicted octanol–water partition coefficient (Wildman–Crippen LogP) is 3.99. The summed E-state index contributed by atoms with van der Waals surface area (Å²) in [5.74, 6) is -0.171. The van der Waals surface area contributed by atoms with E-state index in [1.807, 2.05) is 0 Å². The highest BCUT2D eigenvalue weighted by molar-refractivity contribution is 5.66. The molecule has 2 heteroatoms. The summed E-state index contributed by atoms with van der Waals surface area (Å²) >= 11 is 0. The monoisotopic (exact) mass is 212 g/mol. The minimum Gasteiger partial charge on any atom is -0.481 e. The molecule has 15 heavy (non-hydrogen) atoms. The molecule has 0 radical (unpaired) electrons. The van der Waals surface area contributed by atoms with Gasteiger partial charge in [0, 0.05) is 6.42 Å². The zero-order valence-electron chi connectivity index (χ0n) is 9.71. The summed E-state index contributed by atoms with van der Waals surface area (Å²) in [6.07, 6.45) is 13.2. The van der Waals surface area contributed by atoms with Gasteiger partial charge in [-0.2, -0.15) is 0 Å². The van der Waals surface area contributed by atoms with Crippen LogP contribution in [0.4, 0.5) is 0 Å². The molecule has 0 bridgehead atoms. The van der Waals surface area contributed by atoms with Gasteiger partial charge in [-0.05, 0) is 18.8 Å². The largest absolute Gasteiger partial charge is 0.481 e. The smallest absolute Gasteiger partial charge is 0.303 e. The quantitative estimate of drug-likeness (QED) is 0.751. The molecule has 1 fully saturated rings. The van der Waals surface area contributed by atoms with E-state index in [1.54, 1.807) is 0 Å². The molecule has 0 aliphatic heterocycles. The van der Waals surface area contributed by atoms with Gasteiger partial charge >= 0.3 is 5.97 Å². The van der Waals surface area contributed by atoms with E-state index in [1.165, 1.54) is 51.4 Å². The van der Waals surface area contributed by atoms with E-state index in [2.05, 4.69) is 0 Å². The van der Waals surface area contributed by atoms with Gasteiger partial charge in [-0.1, -0.05) is 51.4 Å². The van der Waals surface area contributed by atoms with Crippen LogP contribution in [0.2, 0.25) is 0 Å². The summed E-state index contributed by atoms with van der Waals surface area (Å²) in [4.78, 5) is 10.7. The van der Waals surface area contributed by atoms with E-state index in [0.717, 1.165) is 12.8 Å². The fourth-order valence-electron chi connectivity index (χ4n) is 2.52. The highest BCUT2D eigenvalue weighted by Crippen LogP contribution is 2.23. The van der Waals surface area contributed by atoms with E-state index in [9.17, 15) is 4.79 Å². The van der Waals surface area contributed by atoms with Crippen LogP contribution in [0.1, 0.15) is 70.6 Å². The van der Waals surface area contributed by atoms with Crippen LogP contribution in [0.25, 0.3) is 0 Å². The van der Waals surface area contributed by atoms with E-state index in [-0.39, 0.29) is 0 Å². The highest BCUT2D eigenvalue weighted by atomic mass is 16.4. The number of aliphatic carboxylic acids is 1. The molecule has 0 atom stereocenters. The Kier molecular flexibility index (Phi) is 6.45. The summed E-state index contributed by atoms with van der Waals surface area (Å²) in [6.45, 7) is 0. The van der Waals surface area contributed by atoms with Crippen LogP contribution in [0.5, 0.6) is 0 Å². The van der Waals surface area contributed by atoms with Crippen LogP contribution in [-0.4, -0.2) is 11.1 Å². The fourth-order valence-corrected chi connectivity index (χ4v) is 2.52. The lowest BCUT2D eigenvalue weighted by atomic mass is 9.92. The highest BCUT2D eigenvalue weighted by Gasteiger charge is 2.13. The van der Waals surface area contributed by atoms with E-state index >= 15 is 0 Å². The maximum atomic E-state index is 10.7. The fraction of sp³-hybridized carbons (Fsp3) is 0.923. The third-order valence-electron chi connectivity index (χ3n) is 3.44. The molecule has 2 nitrogen and oxygen atoms in total. The molecule has 1 rings (SSSR count). The van der Waals surface area contributed by atoms with Gasteiger partial charge in [-0.3, -0.25) is 4.79 Å². The summed E-state index contributed by atoms with van der Waals surface area (Å²) in [6, 6.07) is 0. The number of hydrogen-bond acceptors (Lipinski definition) is 1. The van der Waals surface area contributed by atoms with Gasteiger partial charge in [-0.25, -0.2) is 0 Å². The predicted molar refractivity (Wildman–Crippen MR) is 61.9 cm³/mol. The van der Waals surface area contributed by atoms with Crippen molar-refractivity contribution in [1.82, 2.24) is 0 Å². The van der Waals surface area contributed by atoms with Gasteiger partial charge in [0.05, 0.1) is 0 Å². The van der Waals surface area contributed by atoms with Crippen molar-refractivity contribution in [3.8, 4) is 0 Å². The van der Waals surface area contributed by atoms with Gasteiger partial charge < -0.3 is 5.11 Å². The maximum absolute atomic E-state index is 10.7. The van der Waals surface area contributed by atoms with Crippen LogP contribution in [0, 0.1) is 5.92 Å². The van der Waals surface area contributed by atoms with E-state index < -0.39 is 5.97 Å². The molecular formula is C13H24O2. The van der Waals surface area contributed by atoms with Gasteiger partial charge in [-0.15, -0.1) is 0 Å². The Balaban J connectivity index is 2.28. The molecular weight excluding hydrogens is 188 g/mol. The Morgan fingerprint density at radius 1 is 0.867 bits per heavy atom. The van der Waals surface area contributed by atoms with Crippen LogP contribution in [0.3, 0.4) is 0 Å². The van der Waals surface area contributed by atoms with Crippen molar-refractivity contribution in [1.29, 1.82) is 0 Å². The molecule has 0 unspecified atom stereocenters. The maximum Gasteiger partial charge on any atom is 0.303 e. The first-order valence-corrected chi connectivity index (χ1v) is 6.51. The molecule has 1 aliphatic rings. The van der Waals surface area contributed by atoms with Crippen molar-refractivity contribution in [3.63, 3.8) is 0 Å². The summed E-state index contributed by atoms with van der Waals surface area (Å²) < 4.78 is 0. The first-order valence-electron chi connectivity index (χ1n) is 6.51. The number of carbonyl (C=O) groups is 1. The van der Waals surface area contributed by atoms with Crippen molar-refractivity contribution in [2.24, 2.45) is 5.92 Å². The summed E-state index contributed by atoms with van der Waals surface area (Å²) in [5, 5.41) is 8.81. The molecule has 1 aliphatic carbocycles. The molecule has 1 saturated carbocycles. The Bertz CT molecular complexity index is 165. The minimum atomic E-state index is -0.616. The van der Waals surface area contributed by atoms with Crippen LogP contribution >= 0.6 is 0 Å². The summed E-state index contributed by atoms with van der Waals surface area (Å²) in [7, 11) is 0. The molecule has 0 amide bonds. The second kappa shape index (κ2) is 7.72. The molecule has 0 heterocycles. The van der Waals surface area contributed by atoms with Crippen molar-refractivity contribution < 1.29 is 9.90 Å². The Morgan fingerprint density at radius 2 is 1.27 bits per heavy atom. The SMILES string of the molecule is O=C(O)CC1CCCCCCCCCC1. The zero-order chi connectivity index (χ0) is 10.9. The Morgan fingerprint density at radius 3 is 1.67 bits per heavy atom. The second-order valence-electron chi connectivity index (χ2n) is 4.87. The van der Waals surface area contributed by atoms with Gasteiger partial charge in [0.1, 0.15) is 0 Å². The second-order valence-corrected chi connectivity index (χ2v) is 4.87. The summed E-state index contributed by atoms with van der Waals surface area (Å²) in [5.41, 5.74) is 0. The van der Waals surface area contributed by atoms with Crippen LogP contribution in [-0.2, 0) is 4.79 Å². The molecule has 0 aromatic heterocycles. The van der Waals surface area contributed by atoms with Gasteiger partial charge in [0.15, 0.2) is 0 Å². The normalized spacial score (nSPS) is 21.9. The lowest BCUT2D eigenvalue weighted by Crippen LogP contribution is -2.08.